The molecule has 1 heterocycles. The van der Waals surface area contributed by atoms with Crippen molar-refractivity contribution < 1.29 is 13.2 Å². The van der Waals surface area contributed by atoms with Crippen molar-refractivity contribution >= 4 is 33.2 Å². The van der Waals surface area contributed by atoms with E-state index in [1.165, 1.54) is 12.1 Å². The van der Waals surface area contributed by atoms with E-state index >= 15 is 0 Å². The number of amides is 2. The second-order valence-corrected chi connectivity index (χ2v) is 10.1. The van der Waals surface area contributed by atoms with Crippen LogP contribution in [0.5, 0.6) is 0 Å². The Labute approximate surface area is 193 Å². The predicted octanol–water partition coefficient (Wildman–Crippen LogP) is 4.52. The third kappa shape index (κ3) is 5.30. The Hall–Kier alpha value is -2.87. The van der Waals surface area contributed by atoms with E-state index < -0.39 is 9.84 Å². The molecule has 1 saturated heterocycles. The summed E-state index contributed by atoms with van der Waals surface area (Å²) in [6, 6.07) is 22.5. The van der Waals surface area contributed by atoms with Gasteiger partial charge in [-0.3, -0.25) is 4.90 Å². The van der Waals surface area contributed by atoms with Crippen LogP contribution in [-0.2, 0) is 16.4 Å². The molecule has 0 radical (unpaired) electrons. The summed E-state index contributed by atoms with van der Waals surface area (Å²) in [4.78, 5) is 17.0. The highest BCUT2D eigenvalue weighted by Gasteiger charge is 2.22. The standard InChI is InChI=1S/C24H24ClN3O3S/c25-20-9-11-22(12-10-20)32(30,31)23-8-4-5-19(17-23)18-27-13-15-28(16-14-27)24(29)26-21-6-2-1-3-7-21/h1-12,17H,13-16,18H2,(H,26,29). The molecule has 1 aliphatic rings. The van der Waals surface area contributed by atoms with Crippen LogP contribution in [0.25, 0.3) is 0 Å². The fourth-order valence-corrected chi connectivity index (χ4v) is 5.11. The number of sulfone groups is 1. The number of benzene rings is 3. The molecule has 3 aromatic rings. The first-order valence-electron chi connectivity index (χ1n) is 10.3. The average Bonchev–Trinajstić information content (AvgIpc) is 2.81. The van der Waals surface area contributed by atoms with Crippen molar-refractivity contribution in [3.63, 3.8) is 0 Å². The predicted molar refractivity (Wildman–Crippen MR) is 126 cm³/mol. The highest BCUT2D eigenvalue weighted by atomic mass is 35.5. The quantitative estimate of drug-likeness (QED) is 0.596. The third-order valence-electron chi connectivity index (χ3n) is 5.42. The summed E-state index contributed by atoms with van der Waals surface area (Å²) in [5.74, 6) is 0. The number of piperazine rings is 1. The van der Waals surface area contributed by atoms with Crippen molar-refractivity contribution in [1.29, 1.82) is 0 Å². The topological polar surface area (TPSA) is 69.7 Å². The van der Waals surface area contributed by atoms with Crippen LogP contribution in [0.15, 0.2) is 88.7 Å². The van der Waals surface area contributed by atoms with Crippen LogP contribution in [0.4, 0.5) is 10.5 Å². The molecule has 0 unspecified atom stereocenters. The molecule has 0 aromatic heterocycles. The van der Waals surface area contributed by atoms with Crippen LogP contribution in [0, 0.1) is 0 Å². The van der Waals surface area contributed by atoms with Crippen LogP contribution >= 0.6 is 11.6 Å². The molecule has 0 bridgehead atoms. The van der Waals surface area contributed by atoms with Crippen LogP contribution in [0.1, 0.15) is 5.56 Å². The van der Waals surface area contributed by atoms with Crippen LogP contribution in [0.2, 0.25) is 5.02 Å². The van der Waals surface area contributed by atoms with Gasteiger partial charge in [0.15, 0.2) is 0 Å². The molecule has 1 N–H and O–H groups in total. The first-order chi connectivity index (χ1) is 15.4. The van der Waals surface area contributed by atoms with Crippen LogP contribution in [0.3, 0.4) is 0 Å². The minimum Gasteiger partial charge on any atom is -0.322 e. The van der Waals surface area contributed by atoms with Crippen LogP contribution in [-0.4, -0.2) is 50.4 Å². The highest BCUT2D eigenvalue weighted by molar-refractivity contribution is 7.91. The molecule has 6 nitrogen and oxygen atoms in total. The maximum Gasteiger partial charge on any atom is 0.321 e. The summed E-state index contributed by atoms with van der Waals surface area (Å²) in [5.41, 5.74) is 1.70. The lowest BCUT2D eigenvalue weighted by Gasteiger charge is -2.34. The fourth-order valence-electron chi connectivity index (χ4n) is 3.65. The molecule has 0 saturated carbocycles. The number of hydrogen-bond acceptors (Lipinski definition) is 4. The Morgan fingerprint density at radius 3 is 2.22 bits per heavy atom. The zero-order valence-corrected chi connectivity index (χ0v) is 19.0. The van der Waals surface area contributed by atoms with Crippen molar-refractivity contribution in [2.75, 3.05) is 31.5 Å². The van der Waals surface area contributed by atoms with Gasteiger partial charge in [0, 0.05) is 43.4 Å². The molecular weight excluding hydrogens is 446 g/mol. The minimum absolute atomic E-state index is 0.105. The number of urea groups is 1. The number of anilines is 1. The Balaban J connectivity index is 1.36. The lowest BCUT2D eigenvalue weighted by Crippen LogP contribution is -2.49. The largest absolute Gasteiger partial charge is 0.322 e. The lowest BCUT2D eigenvalue weighted by molar-refractivity contribution is 0.143. The summed E-state index contributed by atoms with van der Waals surface area (Å²) in [5, 5.41) is 3.41. The van der Waals surface area contributed by atoms with Crippen molar-refractivity contribution in [3.05, 3.63) is 89.4 Å². The summed E-state index contributed by atoms with van der Waals surface area (Å²) in [6.07, 6.45) is 0. The normalized spacial score (nSPS) is 14.8. The molecule has 0 atom stereocenters. The molecule has 2 amide bonds. The molecule has 4 rings (SSSR count). The number of rotatable bonds is 5. The van der Waals surface area contributed by atoms with Crippen molar-refractivity contribution in [1.82, 2.24) is 9.80 Å². The fraction of sp³-hybridized carbons (Fsp3) is 0.208. The average molecular weight is 470 g/mol. The van der Waals surface area contributed by atoms with E-state index in [4.69, 9.17) is 11.6 Å². The second kappa shape index (κ2) is 9.73. The van der Waals surface area contributed by atoms with E-state index in [9.17, 15) is 13.2 Å². The van der Waals surface area contributed by atoms with E-state index in [2.05, 4.69) is 10.2 Å². The van der Waals surface area contributed by atoms with Gasteiger partial charge in [0.25, 0.3) is 0 Å². The molecule has 1 fully saturated rings. The summed E-state index contributed by atoms with van der Waals surface area (Å²) >= 11 is 5.88. The zero-order valence-electron chi connectivity index (χ0n) is 17.4. The molecule has 32 heavy (non-hydrogen) atoms. The van der Waals surface area contributed by atoms with Crippen molar-refractivity contribution in [2.24, 2.45) is 0 Å². The van der Waals surface area contributed by atoms with E-state index in [-0.39, 0.29) is 15.8 Å². The van der Waals surface area contributed by atoms with Gasteiger partial charge in [-0.2, -0.15) is 0 Å². The molecule has 166 valence electrons. The molecule has 0 aliphatic carbocycles. The number of carbonyl (C=O) groups excluding carboxylic acids is 1. The SMILES string of the molecule is O=C(Nc1ccccc1)N1CCN(Cc2cccc(S(=O)(=O)c3ccc(Cl)cc3)c2)CC1. The third-order valence-corrected chi connectivity index (χ3v) is 7.44. The highest BCUT2D eigenvalue weighted by Crippen LogP contribution is 2.24. The van der Waals surface area contributed by atoms with Gasteiger partial charge in [-0.1, -0.05) is 41.9 Å². The Morgan fingerprint density at radius 2 is 1.53 bits per heavy atom. The smallest absolute Gasteiger partial charge is 0.321 e. The van der Waals surface area contributed by atoms with Gasteiger partial charge in [-0.25, -0.2) is 13.2 Å². The van der Waals surface area contributed by atoms with Gasteiger partial charge in [0.2, 0.25) is 9.84 Å². The first-order valence-corrected chi connectivity index (χ1v) is 12.2. The second-order valence-electron chi connectivity index (χ2n) is 7.66. The molecule has 1 aliphatic heterocycles. The van der Waals surface area contributed by atoms with Gasteiger partial charge in [-0.05, 0) is 54.1 Å². The molecular formula is C24H24ClN3O3S. The summed E-state index contributed by atoms with van der Waals surface area (Å²) in [7, 11) is -3.61. The van der Waals surface area contributed by atoms with Crippen molar-refractivity contribution in [3.8, 4) is 0 Å². The van der Waals surface area contributed by atoms with Gasteiger partial charge in [-0.15, -0.1) is 0 Å². The van der Waals surface area contributed by atoms with Gasteiger partial charge in [0.05, 0.1) is 9.79 Å². The van der Waals surface area contributed by atoms with E-state index in [0.29, 0.717) is 24.7 Å². The zero-order chi connectivity index (χ0) is 22.6. The van der Waals surface area contributed by atoms with E-state index in [1.807, 2.05) is 36.4 Å². The van der Waals surface area contributed by atoms with Gasteiger partial charge in [0.1, 0.15) is 0 Å². The van der Waals surface area contributed by atoms with E-state index in [0.717, 1.165) is 24.3 Å². The molecule has 0 spiro atoms. The van der Waals surface area contributed by atoms with Crippen LogP contribution < -0.4 is 5.32 Å². The molecule has 8 heteroatoms. The minimum atomic E-state index is -3.61. The van der Waals surface area contributed by atoms with E-state index in [1.54, 1.807) is 35.2 Å². The van der Waals surface area contributed by atoms with Gasteiger partial charge >= 0.3 is 6.03 Å². The number of nitrogens with zero attached hydrogens (tertiary/aromatic N) is 2. The Bertz CT molecular complexity index is 1180. The maximum absolute atomic E-state index is 12.9. The number of nitrogens with one attached hydrogen (secondary N) is 1. The summed E-state index contributed by atoms with van der Waals surface area (Å²) < 4.78 is 25.9. The van der Waals surface area contributed by atoms with Crippen molar-refractivity contribution in [2.45, 2.75) is 16.3 Å². The number of hydrogen-bond donors (Lipinski definition) is 1. The Kier molecular flexibility index (Phi) is 6.79. The monoisotopic (exact) mass is 469 g/mol. The Morgan fingerprint density at radius 1 is 0.844 bits per heavy atom. The first kappa shape index (κ1) is 22.3. The summed E-state index contributed by atoms with van der Waals surface area (Å²) in [6.45, 7) is 3.29. The maximum atomic E-state index is 12.9. The lowest BCUT2D eigenvalue weighted by atomic mass is 10.2. The molecule has 3 aromatic carbocycles. The number of halogens is 1. The number of para-hydroxylation sites is 1. The van der Waals surface area contributed by atoms with Gasteiger partial charge < -0.3 is 10.2 Å². The number of carbonyl (C=O) groups is 1.